The summed E-state index contributed by atoms with van der Waals surface area (Å²) in [7, 11) is 4.58. The minimum Gasteiger partial charge on any atom is -0.497 e. The van der Waals surface area contributed by atoms with E-state index in [1.165, 1.54) is 14.2 Å². The number of amides is 3. The Balaban J connectivity index is 1.49. The van der Waals surface area contributed by atoms with Crippen LogP contribution in [0.25, 0.3) is 0 Å². The average molecular weight is 441 g/mol. The molecule has 1 aliphatic rings. The van der Waals surface area contributed by atoms with Crippen LogP contribution in [0.3, 0.4) is 0 Å². The van der Waals surface area contributed by atoms with Gasteiger partial charge in [-0.15, -0.1) is 0 Å². The van der Waals surface area contributed by atoms with Gasteiger partial charge in [-0.1, -0.05) is 0 Å². The molecule has 0 aromatic heterocycles. The summed E-state index contributed by atoms with van der Waals surface area (Å²) < 4.78 is 15.5. The number of carbonyl (C=O) groups excluding carboxylic acids is 3. The summed E-state index contributed by atoms with van der Waals surface area (Å²) in [6.07, 6.45) is 0. The third-order valence-corrected chi connectivity index (χ3v) is 5.30. The van der Waals surface area contributed by atoms with E-state index >= 15 is 0 Å². The lowest BCUT2D eigenvalue weighted by atomic mass is 10.1. The van der Waals surface area contributed by atoms with E-state index < -0.39 is 0 Å². The molecule has 32 heavy (non-hydrogen) atoms. The number of methoxy groups -OCH3 is 3. The summed E-state index contributed by atoms with van der Waals surface area (Å²) in [5.41, 5.74) is 0.943. The van der Waals surface area contributed by atoms with Crippen LogP contribution in [0.15, 0.2) is 42.5 Å². The predicted octanol–water partition coefficient (Wildman–Crippen LogP) is 1.43. The minimum absolute atomic E-state index is 0.0819. The molecule has 0 bridgehead atoms. The number of nitrogens with zero attached hydrogens (tertiary/aromatic N) is 2. The Kier molecular flexibility index (Phi) is 7.54. The van der Waals surface area contributed by atoms with E-state index in [1.807, 2.05) is 0 Å². The van der Waals surface area contributed by atoms with Gasteiger partial charge in [0.25, 0.3) is 11.8 Å². The molecule has 9 heteroatoms. The molecular formula is C23H27N3O6. The number of ether oxygens (including phenoxy) is 3. The standard InChI is InChI=1S/C23H27N3O6/c1-30-18-7-4-16(5-8-18)23(29)26-12-10-25(11-13-26)21(27)15-24-22(28)17-6-9-19(31-2)20(14-17)32-3/h4-9,14H,10-13,15H2,1-3H3,(H,24,28). The van der Waals surface area contributed by atoms with Gasteiger partial charge in [0.1, 0.15) is 5.75 Å². The summed E-state index contributed by atoms with van der Waals surface area (Å²) in [4.78, 5) is 40.9. The fourth-order valence-corrected chi connectivity index (χ4v) is 3.42. The van der Waals surface area contributed by atoms with Crippen LogP contribution in [0.2, 0.25) is 0 Å². The second-order valence-electron chi connectivity index (χ2n) is 7.15. The maximum Gasteiger partial charge on any atom is 0.253 e. The van der Waals surface area contributed by atoms with Crippen molar-refractivity contribution >= 4 is 17.7 Å². The van der Waals surface area contributed by atoms with Gasteiger partial charge in [-0.25, -0.2) is 0 Å². The van der Waals surface area contributed by atoms with Crippen LogP contribution in [0, 0.1) is 0 Å². The Bertz CT molecular complexity index is 968. The first-order valence-electron chi connectivity index (χ1n) is 10.2. The third-order valence-electron chi connectivity index (χ3n) is 5.30. The van der Waals surface area contributed by atoms with Gasteiger partial charge in [-0.3, -0.25) is 14.4 Å². The molecule has 2 aromatic rings. The van der Waals surface area contributed by atoms with E-state index in [4.69, 9.17) is 14.2 Å². The highest BCUT2D eigenvalue weighted by Gasteiger charge is 2.25. The Morgan fingerprint density at radius 2 is 1.38 bits per heavy atom. The molecule has 1 fully saturated rings. The Morgan fingerprint density at radius 3 is 1.97 bits per heavy atom. The van der Waals surface area contributed by atoms with E-state index in [-0.39, 0.29) is 24.3 Å². The lowest BCUT2D eigenvalue weighted by Gasteiger charge is -2.34. The molecule has 0 unspecified atom stereocenters. The molecule has 3 amide bonds. The van der Waals surface area contributed by atoms with Gasteiger partial charge in [0, 0.05) is 37.3 Å². The molecule has 0 saturated carbocycles. The second kappa shape index (κ2) is 10.5. The normalized spacial score (nSPS) is 13.3. The van der Waals surface area contributed by atoms with Crippen molar-refractivity contribution in [2.45, 2.75) is 0 Å². The zero-order valence-electron chi connectivity index (χ0n) is 18.4. The Labute approximate surface area is 186 Å². The molecule has 0 atom stereocenters. The van der Waals surface area contributed by atoms with Gasteiger partial charge in [0.15, 0.2) is 11.5 Å². The minimum atomic E-state index is -0.382. The highest BCUT2D eigenvalue weighted by molar-refractivity contribution is 5.97. The van der Waals surface area contributed by atoms with Gasteiger partial charge in [0.2, 0.25) is 5.91 Å². The number of carbonyl (C=O) groups is 3. The summed E-state index contributed by atoms with van der Waals surface area (Å²) in [6, 6.07) is 11.7. The second-order valence-corrected chi connectivity index (χ2v) is 7.15. The van der Waals surface area contributed by atoms with E-state index in [9.17, 15) is 14.4 Å². The average Bonchev–Trinajstić information content (AvgIpc) is 2.86. The summed E-state index contributed by atoms with van der Waals surface area (Å²) in [5.74, 6) is 0.975. The predicted molar refractivity (Wildman–Crippen MR) is 117 cm³/mol. The molecule has 1 aliphatic heterocycles. The van der Waals surface area contributed by atoms with Crippen LogP contribution in [0.5, 0.6) is 17.2 Å². The van der Waals surface area contributed by atoms with Crippen LogP contribution in [0.1, 0.15) is 20.7 Å². The lowest BCUT2D eigenvalue weighted by Crippen LogP contribution is -2.52. The molecule has 0 aliphatic carbocycles. The maximum atomic E-state index is 12.7. The molecule has 2 aromatic carbocycles. The summed E-state index contributed by atoms with van der Waals surface area (Å²) in [6.45, 7) is 1.56. The maximum absolute atomic E-state index is 12.7. The fraction of sp³-hybridized carbons (Fsp3) is 0.348. The largest absolute Gasteiger partial charge is 0.497 e. The fourth-order valence-electron chi connectivity index (χ4n) is 3.42. The molecule has 1 heterocycles. The van der Waals surface area contributed by atoms with Gasteiger partial charge in [-0.2, -0.15) is 0 Å². The van der Waals surface area contributed by atoms with E-state index in [0.29, 0.717) is 54.6 Å². The highest BCUT2D eigenvalue weighted by atomic mass is 16.5. The van der Waals surface area contributed by atoms with E-state index in [0.717, 1.165) is 0 Å². The number of nitrogens with one attached hydrogen (secondary N) is 1. The van der Waals surface area contributed by atoms with Gasteiger partial charge in [-0.05, 0) is 42.5 Å². The van der Waals surface area contributed by atoms with Crippen LogP contribution in [-0.4, -0.2) is 81.6 Å². The molecule has 0 radical (unpaired) electrons. The van der Waals surface area contributed by atoms with Crippen LogP contribution in [0.4, 0.5) is 0 Å². The number of rotatable bonds is 7. The van der Waals surface area contributed by atoms with Crippen LogP contribution < -0.4 is 19.5 Å². The molecule has 170 valence electrons. The van der Waals surface area contributed by atoms with E-state index in [1.54, 1.807) is 59.4 Å². The van der Waals surface area contributed by atoms with Crippen molar-refractivity contribution < 1.29 is 28.6 Å². The summed E-state index contributed by atoms with van der Waals surface area (Å²) in [5, 5.41) is 2.64. The highest BCUT2D eigenvalue weighted by Crippen LogP contribution is 2.27. The smallest absolute Gasteiger partial charge is 0.253 e. The zero-order valence-corrected chi connectivity index (χ0v) is 18.4. The van der Waals surface area contributed by atoms with Crippen molar-refractivity contribution in [2.24, 2.45) is 0 Å². The molecular weight excluding hydrogens is 414 g/mol. The third kappa shape index (κ3) is 5.29. The number of hydrogen-bond donors (Lipinski definition) is 1. The van der Waals surface area contributed by atoms with Gasteiger partial charge >= 0.3 is 0 Å². The molecule has 3 rings (SSSR count). The molecule has 9 nitrogen and oxygen atoms in total. The van der Waals surface area contributed by atoms with Crippen molar-refractivity contribution in [3.05, 3.63) is 53.6 Å². The molecule has 1 saturated heterocycles. The Hall–Kier alpha value is -3.75. The Morgan fingerprint density at radius 1 is 0.781 bits per heavy atom. The lowest BCUT2D eigenvalue weighted by molar-refractivity contribution is -0.131. The molecule has 1 N–H and O–H groups in total. The van der Waals surface area contributed by atoms with E-state index in [2.05, 4.69) is 5.32 Å². The summed E-state index contributed by atoms with van der Waals surface area (Å²) >= 11 is 0. The first-order valence-corrected chi connectivity index (χ1v) is 10.2. The van der Waals surface area contributed by atoms with Crippen LogP contribution in [-0.2, 0) is 4.79 Å². The van der Waals surface area contributed by atoms with Crippen molar-refractivity contribution in [1.82, 2.24) is 15.1 Å². The first-order chi connectivity index (χ1) is 15.5. The van der Waals surface area contributed by atoms with Crippen molar-refractivity contribution in [2.75, 3.05) is 54.1 Å². The number of benzene rings is 2. The van der Waals surface area contributed by atoms with Gasteiger partial charge < -0.3 is 29.3 Å². The number of hydrogen-bond acceptors (Lipinski definition) is 6. The van der Waals surface area contributed by atoms with Crippen molar-refractivity contribution in [3.8, 4) is 17.2 Å². The monoisotopic (exact) mass is 441 g/mol. The van der Waals surface area contributed by atoms with Gasteiger partial charge in [0.05, 0.1) is 27.9 Å². The first kappa shape index (κ1) is 22.9. The van der Waals surface area contributed by atoms with Crippen LogP contribution >= 0.6 is 0 Å². The number of piperazine rings is 1. The SMILES string of the molecule is COc1ccc(C(=O)N2CCN(C(=O)CNC(=O)c3ccc(OC)c(OC)c3)CC2)cc1. The molecule has 0 spiro atoms. The zero-order chi connectivity index (χ0) is 23.1. The van der Waals surface area contributed by atoms with Crippen molar-refractivity contribution in [3.63, 3.8) is 0 Å². The topological polar surface area (TPSA) is 97.4 Å². The quantitative estimate of drug-likeness (QED) is 0.698. The van der Waals surface area contributed by atoms with Crippen molar-refractivity contribution in [1.29, 1.82) is 0 Å².